The molecule has 0 radical (unpaired) electrons. The number of ether oxygens (including phenoxy) is 1. The molecule has 0 N–H and O–H groups in total. The molecule has 2 heterocycles. The Hall–Kier alpha value is -2.01. The van der Waals surface area contributed by atoms with Gasteiger partial charge in [-0.25, -0.2) is 13.0 Å². The first kappa shape index (κ1) is 19.3. The summed E-state index contributed by atoms with van der Waals surface area (Å²) in [6.07, 6.45) is 0. The Bertz CT molecular complexity index is 1090. The van der Waals surface area contributed by atoms with E-state index in [1.165, 1.54) is 4.31 Å². The van der Waals surface area contributed by atoms with Crippen LogP contribution in [0.1, 0.15) is 5.56 Å². The molecule has 0 amide bonds. The molecule has 0 saturated carbocycles. The maximum atomic E-state index is 13.1. The molecule has 148 valence electrons. The minimum atomic E-state index is -3.65. The number of aromatic nitrogens is 2. The molecule has 1 aliphatic rings. The Labute approximate surface area is 171 Å². The van der Waals surface area contributed by atoms with Crippen LogP contribution in [0.4, 0.5) is 0 Å². The summed E-state index contributed by atoms with van der Waals surface area (Å²) in [5.74, 6) is 0.788. The third-order valence-electron chi connectivity index (χ3n) is 4.82. The number of hydrogen-bond donors (Lipinski definition) is 0. The van der Waals surface area contributed by atoms with Crippen molar-refractivity contribution in [2.45, 2.75) is 11.4 Å². The molecule has 2 aromatic carbocycles. The van der Waals surface area contributed by atoms with E-state index in [2.05, 4.69) is 31.1 Å². The van der Waals surface area contributed by atoms with Gasteiger partial charge in [-0.1, -0.05) is 12.1 Å². The van der Waals surface area contributed by atoms with Crippen LogP contribution in [0.2, 0.25) is 0 Å². The van der Waals surface area contributed by atoms with Gasteiger partial charge in [-0.15, -0.1) is 0 Å². The van der Waals surface area contributed by atoms with E-state index in [1.807, 2.05) is 18.2 Å². The third kappa shape index (κ3) is 3.64. The largest absolute Gasteiger partial charge is 0.496 e. The molecule has 0 aliphatic carbocycles. The van der Waals surface area contributed by atoms with Crippen molar-refractivity contribution in [1.29, 1.82) is 0 Å². The van der Waals surface area contributed by atoms with E-state index in [9.17, 15) is 8.42 Å². The lowest BCUT2D eigenvalue weighted by Gasteiger charge is -2.34. The summed E-state index contributed by atoms with van der Waals surface area (Å²) < 4.78 is 38.5. The van der Waals surface area contributed by atoms with Crippen molar-refractivity contribution in [1.82, 2.24) is 19.5 Å². The lowest BCUT2D eigenvalue weighted by molar-refractivity contribution is 0.181. The number of methoxy groups -OCH3 is 1. The van der Waals surface area contributed by atoms with E-state index >= 15 is 0 Å². The van der Waals surface area contributed by atoms with Gasteiger partial charge in [0.2, 0.25) is 10.0 Å². The Balaban J connectivity index is 1.45. The van der Waals surface area contributed by atoms with Crippen molar-refractivity contribution in [3.63, 3.8) is 0 Å². The Morgan fingerprint density at radius 3 is 2.64 bits per heavy atom. The number of hydrogen-bond acceptors (Lipinski definition) is 7. The Kier molecular flexibility index (Phi) is 5.37. The number of halogens is 1. The number of sulfonamides is 1. The summed E-state index contributed by atoms with van der Waals surface area (Å²) >= 11 is 3.50. The molecule has 0 spiro atoms. The molecule has 1 aliphatic heterocycles. The number of rotatable bonds is 5. The highest BCUT2D eigenvalue weighted by Crippen LogP contribution is 2.27. The van der Waals surface area contributed by atoms with Gasteiger partial charge in [0.25, 0.3) is 0 Å². The summed E-state index contributed by atoms with van der Waals surface area (Å²) in [5, 5.41) is 7.48. The minimum absolute atomic E-state index is 0.138. The van der Waals surface area contributed by atoms with Gasteiger partial charge in [0.1, 0.15) is 16.2 Å². The van der Waals surface area contributed by atoms with Gasteiger partial charge >= 0.3 is 0 Å². The second-order valence-electron chi connectivity index (χ2n) is 6.54. The van der Waals surface area contributed by atoms with Gasteiger partial charge in [0, 0.05) is 32.7 Å². The van der Waals surface area contributed by atoms with Crippen molar-refractivity contribution >= 4 is 37.0 Å². The highest BCUT2D eigenvalue weighted by Gasteiger charge is 2.31. The zero-order valence-electron chi connectivity index (χ0n) is 15.2. The van der Waals surface area contributed by atoms with E-state index in [0.717, 1.165) is 22.3 Å². The van der Waals surface area contributed by atoms with E-state index < -0.39 is 10.0 Å². The topological polar surface area (TPSA) is 88.8 Å². The smallest absolute Gasteiger partial charge is 0.245 e. The highest BCUT2D eigenvalue weighted by atomic mass is 79.9. The van der Waals surface area contributed by atoms with Crippen LogP contribution in [0.25, 0.3) is 11.0 Å². The van der Waals surface area contributed by atoms with E-state index in [1.54, 1.807) is 25.3 Å². The molecule has 1 saturated heterocycles. The van der Waals surface area contributed by atoms with Crippen LogP contribution in [-0.4, -0.2) is 61.2 Å². The standard InChI is InChI=1S/C18H19BrN4O4S/c1-26-16-6-5-13(11-14(16)19)12-22-7-9-23(10-8-22)28(24,25)17-4-2-3-15-18(17)21-27-20-15/h2-6,11H,7-10,12H2,1H3. The predicted octanol–water partition coefficient (Wildman–Crippen LogP) is 2.50. The zero-order chi connectivity index (χ0) is 19.7. The van der Waals surface area contributed by atoms with Crippen LogP contribution in [-0.2, 0) is 16.6 Å². The first-order chi connectivity index (χ1) is 13.5. The third-order valence-corrected chi connectivity index (χ3v) is 7.37. The van der Waals surface area contributed by atoms with Crippen LogP contribution in [0.15, 0.2) is 50.4 Å². The van der Waals surface area contributed by atoms with Gasteiger partial charge in [-0.05, 0) is 56.1 Å². The van der Waals surface area contributed by atoms with Crippen LogP contribution in [0, 0.1) is 0 Å². The molecular formula is C18H19BrN4O4S. The molecule has 10 heteroatoms. The number of fused-ring (bicyclic) bond motifs is 1. The molecule has 4 rings (SSSR count). The van der Waals surface area contributed by atoms with E-state index in [-0.39, 0.29) is 10.4 Å². The number of benzene rings is 2. The second-order valence-corrected chi connectivity index (χ2v) is 9.30. The zero-order valence-corrected chi connectivity index (χ0v) is 17.6. The SMILES string of the molecule is COc1ccc(CN2CCN(S(=O)(=O)c3cccc4nonc34)CC2)cc1Br. The lowest BCUT2D eigenvalue weighted by Crippen LogP contribution is -2.48. The molecule has 1 aromatic heterocycles. The van der Waals surface area contributed by atoms with E-state index in [4.69, 9.17) is 9.37 Å². The summed E-state index contributed by atoms with van der Waals surface area (Å²) in [4.78, 5) is 2.37. The van der Waals surface area contributed by atoms with Gasteiger partial charge < -0.3 is 4.74 Å². The summed E-state index contributed by atoms with van der Waals surface area (Å²) in [5.41, 5.74) is 1.85. The lowest BCUT2D eigenvalue weighted by atomic mass is 10.2. The molecular weight excluding hydrogens is 448 g/mol. The number of nitrogens with zero attached hydrogens (tertiary/aromatic N) is 4. The van der Waals surface area contributed by atoms with Crippen LogP contribution < -0.4 is 4.74 Å². The van der Waals surface area contributed by atoms with Crippen LogP contribution in [0.5, 0.6) is 5.75 Å². The normalized spacial score (nSPS) is 16.5. The van der Waals surface area contributed by atoms with Crippen molar-refractivity contribution in [2.24, 2.45) is 0 Å². The molecule has 28 heavy (non-hydrogen) atoms. The maximum absolute atomic E-state index is 13.1. The fourth-order valence-electron chi connectivity index (χ4n) is 3.32. The van der Waals surface area contributed by atoms with Gasteiger partial charge in [-0.2, -0.15) is 4.31 Å². The van der Waals surface area contributed by atoms with Crippen LogP contribution in [0.3, 0.4) is 0 Å². The average Bonchev–Trinajstić information content (AvgIpc) is 3.17. The molecule has 3 aromatic rings. The minimum Gasteiger partial charge on any atom is -0.496 e. The Morgan fingerprint density at radius 1 is 1.14 bits per heavy atom. The molecule has 0 atom stereocenters. The maximum Gasteiger partial charge on any atom is 0.245 e. The second kappa shape index (κ2) is 7.78. The van der Waals surface area contributed by atoms with Crippen molar-refractivity contribution in [2.75, 3.05) is 33.3 Å². The van der Waals surface area contributed by atoms with Crippen molar-refractivity contribution in [3.05, 3.63) is 46.4 Å². The Morgan fingerprint density at radius 2 is 1.93 bits per heavy atom. The first-order valence-electron chi connectivity index (χ1n) is 8.75. The van der Waals surface area contributed by atoms with Gasteiger partial charge in [0.15, 0.2) is 5.52 Å². The quantitative estimate of drug-likeness (QED) is 0.570. The number of piperazine rings is 1. The fourth-order valence-corrected chi connectivity index (χ4v) is 5.47. The van der Waals surface area contributed by atoms with Crippen molar-refractivity contribution in [3.8, 4) is 5.75 Å². The van der Waals surface area contributed by atoms with Gasteiger partial charge in [0.05, 0.1) is 11.6 Å². The molecule has 1 fully saturated rings. The molecule has 8 nitrogen and oxygen atoms in total. The summed E-state index contributed by atoms with van der Waals surface area (Å²) in [6, 6.07) is 10.8. The summed E-state index contributed by atoms with van der Waals surface area (Å²) in [7, 11) is -2.02. The van der Waals surface area contributed by atoms with Crippen molar-refractivity contribution < 1.29 is 17.8 Å². The molecule has 0 bridgehead atoms. The fraction of sp³-hybridized carbons (Fsp3) is 0.333. The molecule has 0 unspecified atom stereocenters. The summed E-state index contributed by atoms with van der Waals surface area (Å²) in [6.45, 7) is 2.88. The predicted molar refractivity (Wildman–Crippen MR) is 107 cm³/mol. The monoisotopic (exact) mass is 466 g/mol. The van der Waals surface area contributed by atoms with E-state index in [0.29, 0.717) is 31.7 Å². The average molecular weight is 467 g/mol. The van der Waals surface area contributed by atoms with Crippen LogP contribution >= 0.6 is 15.9 Å². The first-order valence-corrected chi connectivity index (χ1v) is 11.0. The van der Waals surface area contributed by atoms with Gasteiger partial charge in [-0.3, -0.25) is 4.90 Å². The highest BCUT2D eigenvalue weighted by molar-refractivity contribution is 9.10.